The van der Waals surface area contributed by atoms with Gasteiger partial charge < -0.3 is 14.4 Å². The van der Waals surface area contributed by atoms with Crippen molar-refractivity contribution in [3.05, 3.63) is 29.3 Å². The number of hydrogen-bond acceptors (Lipinski definition) is 5. The average Bonchev–Trinajstić information content (AvgIpc) is 2.51. The number of carbonyl (C=O) groups excluding carboxylic acids is 2. The van der Waals surface area contributed by atoms with Crippen LogP contribution in [-0.4, -0.2) is 43.6 Å². The number of hydrogen-bond donors (Lipinski definition) is 0. The lowest BCUT2D eigenvalue weighted by molar-refractivity contribution is -0.138. The molecule has 0 saturated carbocycles. The molecule has 22 heavy (non-hydrogen) atoms. The van der Waals surface area contributed by atoms with Crippen molar-refractivity contribution < 1.29 is 19.1 Å². The van der Waals surface area contributed by atoms with Crippen molar-refractivity contribution in [1.82, 2.24) is 4.90 Å². The highest BCUT2D eigenvalue weighted by Gasteiger charge is 2.23. The van der Waals surface area contributed by atoms with E-state index in [9.17, 15) is 9.59 Å². The number of benzene rings is 1. The Hall–Kier alpha value is -2.55. The fourth-order valence-electron chi connectivity index (χ4n) is 1.89. The zero-order chi connectivity index (χ0) is 16.7. The number of aryl methyl sites for hydroxylation is 1. The molecule has 0 N–H and O–H groups in total. The lowest BCUT2D eigenvalue weighted by Gasteiger charge is -2.20. The van der Waals surface area contributed by atoms with Crippen LogP contribution in [0.15, 0.2) is 18.2 Å². The molecule has 1 atom stereocenters. The zero-order valence-corrected chi connectivity index (χ0v) is 13.3. The van der Waals surface area contributed by atoms with Gasteiger partial charge in [-0.3, -0.25) is 4.79 Å². The zero-order valence-electron chi connectivity index (χ0n) is 13.3. The molecule has 0 saturated heterocycles. The summed E-state index contributed by atoms with van der Waals surface area (Å²) in [7, 11) is 3.03. The number of nitrogens with zero attached hydrogens (tertiary/aromatic N) is 2. The maximum absolute atomic E-state index is 12.2. The van der Waals surface area contributed by atoms with Crippen LogP contribution in [-0.2, 0) is 9.53 Å². The number of nitriles is 1. The van der Waals surface area contributed by atoms with Crippen molar-refractivity contribution in [2.75, 3.05) is 20.7 Å². The lowest BCUT2D eigenvalue weighted by Crippen LogP contribution is -2.38. The molecule has 0 aliphatic heterocycles. The Kier molecular flexibility index (Phi) is 6.39. The van der Waals surface area contributed by atoms with Gasteiger partial charge in [0, 0.05) is 13.6 Å². The number of carbonyl (C=O) groups is 2. The van der Waals surface area contributed by atoms with E-state index in [4.69, 9.17) is 14.7 Å². The highest BCUT2D eigenvalue weighted by Crippen LogP contribution is 2.21. The summed E-state index contributed by atoms with van der Waals surface area (Å²) in [6.45, 7) is 3.65. The second-order valence-electron chi connectivity index (χ2n) is 4.92. The number of ether oxygens (including phenoxy) is 2. The molecule has 1 amide bonds. The van der Waals surface area contributed by atoms with E-state index in [1.54, 1.807) is 19.2 Å². The van der Waals surface area contributed by atoms with Crippen molar-refractivity contribution in [3.63, 3.8) is 0 Å². The average molecular weight is 304 g/mol. The number of likely N-dealkylation sites (N-methyl/N-ethyl adjacent to an activating group) is 1. The van der Waals surface area contributed by atoms with Gasteiger partial charge in [-0.1, -0.05) is 11.6 Å². The van der Waals surface area contributed by atoms with Crippen LogP contribution in [0.1, 0.15) is 29.3 Å². The van der Waals surface area contributed by atoms with Gasteiger partial charge in [-0.2, -0.15) is 5.26 Å². The van der Waals surface area contributed by atoms with Crippen molar-refractivity contribution in [1.29, 1.82) is 5.26 Å². The van der Waals surface area contributed by atoms with E-state index in [1.165, 1.54) is 18.9 Å². The normalized spacial score (nSPS) is 11.2. The summed E-state index contributed by atoms with van der Waals surface area (Å²) in [5.41, 5.74) is 1.17. The SMILES string of the molecule is COc1ccc(C)cc1C(=O)O[C@@H](C)C(=O)N(C)CCC#N. The maximum Gasteiger partial charge on any atom is 0.342 e. The van der Waals surface area contributed by atoms with Gasteiger partial charge >= 0.3 is 5.97 Å². The molecule has 118 valence electrons. The predicted octanol–water partition coefficient (Wildman–Crippen LogP) is 1.92. The van der Waals surface area contributed by atoms with E-state index < -0.39 is 12.1 Å². The third kappa shape index (κ3) is 4.48. The van der Waals surface area contributed by atoms with Crippen molar-refractivity contribution in [3.8, 4) is 11.8 Å². The third-order valence-electron chi connectivity index (χ3n) is 3.14. The topological polar surface area (TPSA) is 79.6 Å². The Morgan fingerprint density at radius 1 is 1.41 bits per heavy atom. The molecule has 0 heterocycles. The first kappa shape index (κ1) is 17.5. The molecule has 0 radical (unpaired) electrons. The Morgan fingerprint density at radius 2 is 2.09 bits per heavy atom. The molecule has 0 bridgehead atoms. The van der Waals surface area contributed by atoms with Crippen LogP contribution in [0.4, 0.5) is 0 Å². The van der Waals surface area contributed by atoms with E-state index >= 15 is 0 Å². The van der Waals surface area contributed by atoms with Crippen molar-refractivity contribution in [2.24, 2.45) is 0 Å². The van der Waals surface area contributed by atoms with Crippen LogP contribution < -0.4 is 4.74 Å². The summed E-state index contributed by atoms with van der Waals surface area (Å²) in [5, 5.41) is 8.53. The third-order valence-corrected chi connectivity index (χ3v) is 3.14. The molecule has 0 aromatic heterocycles. The first-order valence-corrected chi connectivity index (χ1v) is 6.88. The minimum absolute atomic E-state index is 0.231. The Bertz CT molecular complexity index is 592. The van der Waals surface area contributed by atoms with E-state index in [1.807, 2.05) is 19.1 Å². The molecule has 6 nitrogen and oxygen atoms in total. The highest BCUT2D eigenvalue weighted by atomic mass is 16.5. The Balaban J connectivity index is 2.78. The second kappa shape index (κ2) is 8.03. The molecule has 0 unspecified atom stereocenters. The van der Waals surface area contributed by atoms with Crippen LogP contribution in [0.3, 0.4) is 0 Å². The molecule has 0 spiro atoms. The minimum atomic E-state index is -0.929. The first-order valence-electron chi connectivity index (χ1n) is 6.88. The van der Waals surface area contributed by atoms with Gasteiger partial charge in [-0.25, -0.2) is 4.79 Å². The summed E-state index contributed by atoms with van der Waals surface area (Å²) >= 11 is 0. The highest BCUT2D eigenvalue weighted by molar-refractivity contribution is 5.94. The Labute approximate surface area is 130 Å². The van der Waals surface area contributed by atoms with Crippen molar-refractivity contribution >= 4 is 11.9 Å². The quantitative estimate of drug-likeness (QED) is 0.750. The monoisotopic (exact) mass is 304 g/mol. The molecular formula is C16H20N2O4. The van der Waals surface area contributed by atoms with Crippen LogP contribution in [0.5, 0.6) is 5.75 Å². The first-order chi connectivity index (χ1) is 10.4. The van der Waals surface area contributed by atoms with Gasteiger partial charge in [0.1, 0.15) is 11.3 Å². The van der Waals surface area contributed by atoms with Crippen LogP contribution in [0.2, 0.25) is 0 Å². The van der Waals surface area contributed by atoms with Gasteiger partial charge in [-0.05, 0) is 26.0 Å². The van der Waals surface area contributed by atoms with Crippen LogP contribution >= 0.6 is 0 Å². The van der Waals surface area contributed by atoms with Crippen molar-refractivity contribution in [2.45, 2.75) is 26.4 Å². The van der Waals surface area contributed by atoms with Crippen LogP contribution in [0, 0.1) is 18.3 Å². The largest absolute Gasteiger partial charge is 0.496 e. The second-order valence-corrected chi connectivity index (χ2v) is 4.92. The lowest BCUT2D eigenvalue weighted by atomic mass is 10.1. The van der Waals surface area contributed by atoms with Gasteiger partial charge in [0.25, 0.3) is 5.91 Å². The molecule has 1 aromatic carbocycles. The van der Waals surface area contributed by atoms with Gasteiger partial charge in [0.15, 0.2) is 6.10 Å². The molecule has 6 heteroatoms. The molecule has 0 aliphatic carbocycles. The summed E-state index contributed by atoms with van der Waals surface area (Å²) in [4.78, 5) is 25.6. The summed E-state index contributed by atoms with van der Waals surface area (Å²) in [6.07, 6.45) is -0.698. The van der Waals surface area contributed by atoms with Crippen LogP contribution in [0.25, 0.3) is 0 Å². The Morgan fingerprint density at radius 3 is 2.68 bits per heavy atom. The molecule has 0 fully saturated rings. The number of amides is 1. The fourth-order valence-corrected chi connectivity index (χ4v) is 1.89. The predicted molar refractivity (Wildman–Crippen MR) is 80.5 cm³/mol. The smallest absolute Gasteiger partial charge is 0.342 e. The fraction of sp³-hybridized carbons (Fsp3) is 0.438. The molecule has 1 rings (SSSR count). The molecular weight excluding hydrogens is 284 g/mol. The van der Waals surface area contributed by atoms with E-state index in [2.05, 4.69) is 0 Å². The van der Waals surface area contributed by atoms with E-state index in [0.717, 1.165) is 5.56 Å². The maximum atomic E-state index is 12.2. The number of rotatable bonds is 6. The van der Waals surface area contributed by atoms with Gasteiger partial charge in [0.05, 0.1) is 19.6 Å². The van der Waals surface area contributed by atoms with Gasteiger partial charge in [0.2, 0.25) is 0 Å². The summed E-state index contributed by atoms with van der Waals surface area (Å²) in [5.74, 6) is -0.571. The van der Waals surface area contributed by atoms with Gasteiger partial charge in [-0.15, -0.1) is 0 Å². The molecule has 1 aromatic rings. The number of methoxy groups -OCH3 is 1. The number of esters is 1. The standard InChI is InChI=1S/C16H20N2O4/c1-11-6-7-14(21-4)13(10-11)16(20)22-12(2)15(19)18(3)9-5-8-17/h6-7,10,12H,5,9H2,1-4H3/t12-/m0/s1. The summed E-state index contributed by atoms with van der Waals surface area (Å²) in [6, 6.07) is 7.11. The van der Waals surface area contributed by atoms with E-state index in [-0.39, 0.29) is 17.9 Å². The molecule has 0 aliphatic rings. The minimum Gasteiger partial charge on any atom is -0.496 e. The summed E-state index contributed by atoms with van der Waals surface area (Å²) < 4.78 is 10.3. The van der Waals surface area contributed by atoms with E-state index in [0.29, 0.717) is 12.3 Å².